The zero-order chi connectivity index (χ0) is 15.1. The molecule has 2 heteroatoms. The second-order valence-corrected chi connectivity index (χ2v) is 7.37. The lowest BCUT2D eigenvalue weighted by Crippen LogP contribution is -2.23. The number of ether oxygens (including phenoxy) is 1. The van der Waals surface area contributed by atoms with Crippen molar-refractivity contribution >= 4 is 0 Å². The molecule has 1 aliphatic carbocycles. The third-order valence-corrected chi connectivity index (χ3v) is 5.80. The molecule has 1 atom stereocenters. The molecule has 0 radical (unpaired) electrons. The zero-order valence-corrected chi connectivity index (χ0v) is 14.0. The predicted molar refractivity (Wildman–Crippen MR) is 85.2 cm³/mol. The molecule has 0 aliphatic heterocycles. The Morgan fingerprint density at radius 2 is 1.80 bits per heavy atom. The molecule has 2 nitrogen and oxygen atoms in total. The maximum Gasteiger partial charge on any atom is 0.123 e. The Hall–Kier alpha value is -1.02. The molecule has 0 spiro atoms. The Bertz CT molecular complexity index is 476. The van der Waals surface area contributed by atoms with Crippen LogP contribution in [-0.4, -0.2) is 13.7 Å². The number of methoxy groups -OCH3 is 1. The second-order valence-electron chi connectivity index (χ2n) is 7.37. The molecule has 0 aromatic heterocycles. The van der Waals surface area contributed by atoms with E-state index in [1.807, 2.05) is 0 Å². The summed E-state index contributed by atoms with van der Waals surface area (Å²) in [5.74, 6) is 1.73. The number of rotatable bonds is 5. The number of benzene rings is 1. The van der Waals surface area contributed by atoms with E-state index in [0.29, 0.717) is 16.9 Å². The summed E-state index contributed by atoms with van der Waals surface area (Å²) in [5, 5.41) is 3.69. The minimum Gasteiger partial charge on any atom is -0.496 e. The van der Waals surface area contributed by atoms with Crippen LogP contribution >= 0.6 is 0 Å². The Morgan fingerprint density at radius 1 is 1.20 bits per heavy atom. The molecule has 0 saturated heterocycles. The Morgan fingerprint density at radius 3 is 2.30 bits per heavy atom. The lowest BCUT2D eigenvalue weighted by Gasteiger charge is -2.18. The SMILES string of the molecule is COc1cc(C)ccc1C(C)NCC1C(C)(C)C1(C)C. The van der Waals surface area contributed by atoms with Crippen LogP contribution in [0.1, 0.15) is 51.8 Å². The number of hydrogen-bond acceptors (Lipinski definition) is 2. The summed E-state index contributed by atoms with van der Waals surface area (Å²) in [6, 6.07) is 6.76. The molecule has 0 bridgehead atoms. The van der Waals surface area contributed by atoms with Crippen LogP contribution < -0.4 is 10.1 Å². The van der Waals surface area contributed by atoms with Crippen LogP contribution in [0.5, 0.6) is 5.75 Å². The van der Waals surface area contributed by atoms with Gasteiger partial charge in [-0.05, 0) is 48.8 Å². The van der Waals surface area contributed by atoms with Gasteiger partial charge < -0.3 is 10.1 Å². The molecule has 112 valence electrons. The van der Waals surface area contributed by atoms with Crippen molar-refractivity contribution in [3.8, 4) is 5.75 Å². The predicted octanol–water partition coefficient (Wildman–Crippen LogP) is 4.34. The third-order valence-electron chi connectivity index (χ3n) is 5.80. The fourth-order valence-corrected chi connectivity index (χ4v) is 3.42. The van der Waals surface area contributed by atoms with Gasteiger partial charge in [-0.2, -0.15) is 0 Å². The van der Waals surface area contributed by atoms with Crippen molar-refractivity contribution in [2.24, 2.45) is 16.7 Å². The number of aryl methyl sites for hydroxylation is 1. The van der Waals surface area contributed by atoms with Crippen molar-refractivity contribution in [2.75, 3.05) is 13.7 Å². The maximum atomic E-state index is 5.51. The monoisotopic (exact) mass is 275 g/mol. The molecule has 1 fully saturated rings. The van der Waals surface area contributed by atoms with Crippen molar-refractivity contribution in [2.45, 2.75) is 47.6 Å². The van der Waals surface area contributed by atoms with Crippen molar-refractivity contribution < 1.29 is 4.74 Å². The fraction of sp³-hybridized carbons (Fsp3) is 0.667. The average Bonchev–Trinajstić information content (AvgIpc) is 2.76. The summed E-state index contributed by atoms with van der Waals surface area (Å²) in [7, 11) is 1.75. The van der Waals surface area contributed by atoms with E-state index in [1.54, 1.807) is 7.11 Å². The van der Waals surface area contributed by atoms with Crippen LogP contribution in [0.15, 0.2) is 18.2 Å². The first-order chi connectivity index (χ1) is 9.21. The summed E-state index contributed by atoms with van der Waals surface area (Å²) in [5.41, 5.74) is 3.37. The molecule has 1 aromatic carbocycles. The summed E-state index contributed by atoms with van der Waals surface area (Å²) in [6.45, 7) is 14.9. The summed E-state index contributed by atoms with van der Waals surface area (Å²) in [4.78, 5) is 0. The van der Waals surface area contributed by atoms with Gasteiger partial charge in [-0.15, -0.1) is 0 Å². The number of nitrogens with one attached hydrogen (secondary N) is 1. The summed E-state index contributed by atoms with van der Waals surface area (Å²) in [6.07, 6.45) is 0. The van der Waals surface area contributed by atoms with Crippen molar-refractivity contribution in [1.29, 1.82) is 0 Å². The topological polar surface area (TPSA) is 21.3 Å². The van der Waals surface area contributed by atoms with Gasteiger partial charge in [0.25, 0.3) is 0 Å². The van der Waals surface area contributed by atoms with Crippen molar-refractivity contribution in [1.82, 2.24) is 5.32 Å². The molecular formula is C18H29NO. The zero-order valence-electron chi connectivity index (χ0n) is 14.0. The molecular weight excluding hydrogens is 246 g/mol. The molecule has 1 N–H and O–H groups in total. The highest BCUT2D eigenvalue weighted by atomic mass is 16.5. The minimum atomic E-state index is 0.317. The smallest absolute Gasteiger partial charge is 0.123 e. The van der Waals surface area contributed by atoms with E-state index in [1.165, 1.54) is 11.1 Å². The van der Waals surface area contributed by atoms with E-state index in [-0.39, 0.29) is 0 Å². The molecule has 0 amide bonds. The van der Waals surface area contributed by atoms with Crippen LogP contribution in [0.25, 0.3) is 0 Å². The summed E-state index contributed by atoms with van der Waals surface area (Å²) >= 11 is 0. The Labute approximate surface area is 123 Å². The van der Waals surface area contributed by atoms with Crippen LogP contribution in [0.3, 0.4) is 0 Å². The van der Waals surface area contributed by atoms with Gasteiger partial charge in [0.2, 0.25) is 0 Å². The molecule has 1 unspecified atom stereocenters. The number of hydrogen-bond donors (Lipinski definition) is 1. The van der Waals surface area contributed by atoms with Gasteiger partial charge in [0.1, 0.15) is 5.75 Å². The lowest BCUT2D eigenvalue weighted by molar-refractivity contribution is 0.398. The lowest BCUT2D eigenvalue weighted by atomic mass is 10.0. The molecule has 1 aliphatic rings. The third kappa shape index (κ3) is 2.46. The molecule has 2 rings (SSSR count). The van der Waals surface area contributed by atoms with E-state index in [0.717, 1.165) is 18.2 Å². The van der Waals surface area contributed by atoms with Gasteiger partial charge >= 0.3 is 0 Å². The second kappa shape index (κ2) is 5.07. The van der Waals surface area contributed by atoms with E-state index in [4.69, 9.17) is 4.74 Å². The van der Waals surface area contributed by atoms with Gasteiger partial charge in [-0.25, -0.2) is 0 Å². The first-order valence-corrected chi connectivity index (χ1v) is 7.59. The van der Waals surface area contributed by atoms with Crippen molar-refractivity contribution in [3.63, 3.8) is 0 Å². The Balaban J connectivity index is 2.02. The highest BCUT2D eigenvalue weighted by molar-refractivity contribution is 5.39. The average molecular weight is 275 g/mol. The van der Waals surface area contributed by atoms with Crippen LogP contribution in [0.2, 0.25) is 0 Å². The molecule has 1 saturated carbocycles. The maximum absolute atomic E-state index is 5.51. The van der Waals surface area contributed by atoms with Gasteiger partial charge in [0.15, 0.2) is 0 Å². The van der Waals surface area contributed by atoms with E-state index in [2.05, 4.69) is 65.1 Å². The van der Waals surface area contributed by atoms with Crippen LogP contribution in [-0.2, 0) is 0 Å². The van der Waals surface area contributed by atoms with E-state index < -0.39 is 0 Å². The quantitative estimate of drug-likeness (QED) is 0.863. The summed E-state index contributed by atoms with van der Waals surface area (Å²) < 4.78 is 5.51. The fourth-order valence-electron chi connectivity index (χ4n) is 3.42. The van der Waals surface area contributed by atoms with E-state index >= 15 is 0 Å². The van der Waals surface area contributed by atoms with Gasteiger partial charge in [-0.1, -0.05) is 39.8 Å². The normalized spacial score (nSPS) is 21.6. The van der Waals surface area contributed by atoms with Crippen LogP contribution in [0, 0.1) is 23.7 Å². The molecule has 0 heterocycles. The van der Waals surface area contributed by atoms with Gasteiger partial charge in [0, 0.05) is 11.6 Å². The molecule has 20 heavy (non-hydrogen) atoms. The Kier molecular flexibility index (Phi) is 3.90. The van der Waals surface area contributed by atoms with Crippen molar-refractivity contribution in [3.05, 3.63) is 29.3 Å². The largest absolute Gasteiger partial charge is 0.496 e. The standard InChI is InChI=1S/C18H29NO/c1-12-8-9-14(15(10-12)20-7)13(2)19-11-16-17(3,4)18(16,5)6/h8-10,13,16,19H,11H2,1-7H3. The minimum absolute atomic E-state index is 0.317. The molecule has 1 aromatic rings. The first-order valence-electron chi connectivity index (χ1n) is 7.59. The van der Waals surface area contributed by atoms with Gasteiger partial charge in [-0.3, -0.25) is 0 Å². The van der Waals surface area contributed by atoms with E-state index in [9.17, 15) is 0 Å². The highest BCUT2D eigenvalue weighted by Crippen LogP contribution is 2.68. The first kappa shape index (κ1) is 15.4. The van der Waals surface area contributed by atoms with Gasteiger partial charge in [0.05, 0.1) is 7.11 Å². The highest BCUT2D eigenvalue weighted by Gasteiger charge is 2.63. The van der Waals surface area contributed by atoms with Crippen LogP contribution in [0.4, 0.5) is 0 Å².